The predicted octanol–water partition coefficient (Wildman–Crippen LogP) is 12.9. The third kappa shape index (κ3) is 41.7. The quantitative estimate of drug-likeness (QED) is 0.0268. The highest BCUT2D eigenvalue weighted by Crippen LogP contribution is 2.43. The Bertz CT molecular complexity index is 1000. The summed E-state index contributed by atoms with van der Waals surface area (Å²) in [5.41, 5.74) is 5.35. The Labute approximate surface area is 337 Å². The van der Waals surface area contributed by atoms with Crippen LogP contribution in [0.2, 0.25) is 0 Å². The van der Waals surface area contributed by atoms with E-state index < -0.39 is 32.5 Å². The molecule has 2 unspecified atom stereocenters. The molecule has 322 valence electrons. The average molecular weight is 798 g/mol. The van der Waals surface area contributed by atoms with E-state index in [1.807, 2.05) is 0 Å². The van der Waals surface area contributed by atoms with Crippen LogP contribution in [0.15, 0.2) is 36.5 Å². The van der Waals surface area contributed by atoms with Crippen LogP contribution in [0.25, 0.3) is 0 Å². The lowest BCUT2D eigenvalue weighted by atomic mass is 10.0. The molecule has 0 amide bonds. The summed E-state index contributed by atoms with van der Waals surface area (Å²) in [6.07, 6.45) is 46.1. The molecule has 0 radical (unpaired) electrons. The molecule has 0 saturated heterocycles. The molecule has 0 rings (SSSR count). The monoisotopic (exact) mass is 798 g/mol. The van der Waals surface area contributed by atoms with Crippen LogP contribution in [0.4, 0.5) is 0 Å². The second-order valence-electron chi connectivity index (χ2n) is 14.9. The van der Waals surface area contributed by atoms with Gasteiger partial charge >= 0.3 is 19.8 Å². The molecule has 0 saturated carbocycles. The number of hydrogen-bond donors (Lipinski definition) is 2. The minimum Gasteiger partial charge on any atom is -0.462 e. The maximum Gasteiger partial charge on any atom is 0.472 e. The molecule has 55 heavy (non-hydrogen) atoms. The molecule has 0 aromatic rings. The van der Waals surface area contributed by atoms with Crippen molar-refractivity contribution in [2.45, 2.75) is 213 Å². The number of carbonyl (C=O) groups excluding carboxylic acids is 2. The van der Waals surface area contributed by atoms with Gasteiger partial charge < -0.3 is 20.1 Å². The van der Waals surface area contributed by atoms with Gasteiger partial charge in [-0.1, -0.05) is 185 Å². The first-order valence-corrected chi connectivity index (χ1v) is 24.0. The summed E-state index contributed by atoms with van der Waals surface area (Å²) < 4.78 is 32.7. The zero-order chi connectivity index (χ0) is 40.3. The number of phosphoric acid groups is 1. The molecule has 10 heteroatoms. The average Bonchev–Trinajstić information content (AvgIpc) is 3.17. The van der Waals surface area contributed by atoms with E-state index in [4.69, 9.17) is 24.3 Å². The third-order valence-corrected chi connectivity index (χ3v) is 10.5. The summed E-state index contributed by atoms with van der Waals surface area (Å²) in [5, 5.41) is 0. The lowest BCUT2D eigenvalue weighted by molar-refractivity contribution is -0.161. The standard InChI is InChI=1S/C45H84NO8P/c1-3-5-7-9-11-13-15-17-19-21-23-25-27-29-31-33-35-37-44(47)51-41-43(42-53-55(49,50)52-40-39-46)54-45(48)38-36-34-32-30-28-26-24-22-20-18-16-14-12-10-8-6-4-2/h17,19,23,25,29,31,43H,3-16,18,20-22,24,26-28,30,32-42,46H2,1-2H3,(H,49,50). The molecule has 3 N–H and O–H groups in total. The Kier molecular flexibility index (Phi) is 40.5. The molecule has 9 nitrogen and oxygen atoms in total. The van der Waals surface area contributed by atoms with Crippen LogP contribution in [0.5, 0.6) is 0 Å². The van der Waals surface area contributed by atoms with E-state index in [9.17, 15) is 19.0 Å². The van der Waals surface area contributed by atoms with Crippen molar-refractivity contribution in [1.29, 1.82) is 0 Å². The van der Waals surface area contributed by atoms with Crippen molar-refractivity contribution in [2.75, 3.05) is 26.4 Å². The van der Waals surface area contributed by atoms with E-state index in [-0.39, 0.29) is 32.6 Å². The SMILES string of the molecule is CCCCCCCCC=CCC=CCC=CCCCC(=O)OCC(COP(=O)(O)OCCN)OC(=O)CCCCCCCCCCCCCCCCCCC. The van der Waals surface area contributed by atoms with E-state index in [0.29, 0.717) is 12.8 Å². The molecule has 0 aliphatic rings. The number of esters is 2. The molecule has 0 heterocycles. The van der Waals surface area contributed by atoms with E-state index in [2.05, 4.69) is 50.3 Å². The third-order valence-electron chi connectivity index (χ3n) is 9.53. The number of phosphoric ester groups is 1. The van der Waals surface area contributed by atoms with Crippen LogP contribution < -0.4 is 5.73 Å². The molecule has 0 bridgehead atoms. The fourth-order valence-electron chi connectivity index (χ4n) is 6.18. The second kappa shape index (κ2) is 41.9. The summed E-state index contributed by atoms with van der Waals surface area (Å²) >= 11 is 0. The highest BCUT2D eigenvalue weighted by molar-refractivity contribution is 7.47. The van der Waals surface area contributed by atoms with Gasteiger partial charge in [0.2, 0.25) is 0 Å². The minimum absolute atomic E-state index is 0.0478. The van der Waals surface area contributed by atoms with Gasteiger partial charge in [-0.05, 0) is 44.9 Å². The van der Waals surface area contributed by atoms with Gasteiger partial charge in [0.1, 0.15) is 6.61 Å². The van der Waals surface area contributed by atoms with E-state index in [1.54, 1.807) is 0 Å². The van der Waals surface area contributed by atoms with Crippen LogP contribution in [0, 0.1) is 0 Å². The topological polar surface area (TPSA) is 134 Å². The van der Waals surface area contributed by atoms with Crippen molar-refractivity contribution >= 4 is 19.8 Å². The van der Waals surface area contributed by atoms with E-state index in [0.717, 1.165) is 44.9 Å². The molecule has 0 spiro atoms. The van der Waals surface area contributed by atoms with Crippen LogP contribution >= 0.6 is 7.82 Å². The molecule has 0 aromatic carbocycles. The summed E-state index contributed by atoms with van der Waals surface area (Å²) in [4.78, 5) is 34.9. The van der Waals surface area contributed by atoms with E-state index >= 15 is 0 Å². The number of rotatable bonds is 42. The van der Waals surface area contributed by atoms with Crippen molar-refractivity contribution < 1.29 is 37.6 Å². The largest absolute Gasteiger partial charge is 0.472 e. The highest BCUT2D eigenvalue weighted by Gasteiger charge is 2.26. The lowest BCUT2D eigenvalue weighted by Gasteiger charge is -2.19. The van der Waals surface area contributed by atoms with Crippen molar-refractivity contribution in [3.63, 3.8) is 0 Å². The number of allylic oxidation sites excluding steroid dienone is 6. The van der Waals surface area contributed by atoms with Crippen LogP contribution in [0.3, 0.4) is 0 Å². The van der Waals surface area contributed by atoms with Crippen molar-refractivity contribution in [3.8, 4) is 0 Å². The molecule has 0 fully saturated rings. The van der Waals surface area contributed by atoms with Gasteiger partial charge in [-0.3, -0.25) is 18.6 Å². The Morgan fingerprint density at radius 3 is 1.45 bits per heavy atom. The fourth-order valence-corrected chi connectivity index (χ4v) is 6.95. The zero-order valence-electron chi connectivity index (χ0n) is 35.4. The molecule has 0 aliphatic heterocycles. The molecular formula is C45H84NO8P. The van der Waals surface area contributed by atoms with Gasteiger partial charge in [0, 0.05) is 19.4 Å². The maximum atomic E-state index is 12.6. The minimum atomic E-state index is -4.39. The van der Waals surface area contributed by atoms with Crippen molar-refractivity contribution in [3.05, 3.63) is 36.5 Å². The van der Waals surface area contributed by atoms with Crippen LogP contribution in [-0.4, -0.2) is 49.3 Å². The van der Waals surface area contributed by atoms with Gasteiger partial charge in [0.25, 0.3) is 0 Å². The van der Waals surface area contributed by atoms with Crippen LogP contribution in [-0.2, 0) is 32.7 Å². The summed E-state index contributed by atoms with van der Waals surface area (Å²) in [5.74, 6) is -0.883. The highest BCUT2D eigenvalue weighted by atomic mass is 31.2. The number of ether oxygens (including phenoxy) is 2. The van der Waals surface area contributed by atoms with Gasteiger partial charge in [0.05, 0.1) is 13.2 Å². The first-order chi connectivity index (χ1) is 26.8. The Balaban J connectivity index is 4.19. The van der Waals surface area contributed by atoms with Crippen molar-refractivity contribution in [1.82, 2.24) is 0 Å². The van der Waals surface area contributed by atoms with Crippen molar-refractivity contribution in [2.24, 2.45) is 5.73 Å². The Hall–Kier alpha value is -1.77. The molecule has 0 aliphatic carbocycles. The predicted molar refractivity (Wildman–Crippen MR) is 229 cm³/mol. The second-order valence-corrected chi connectivity index (χ2v) is 16.4. The maximum absolute atomic E-state index is 12.6. The number of unbranched alkanes of at least 4 members (excludes halogenated alkanes) is 23. The smallest absolute Gasteiger partial charge is 0.462 e. The Morgan fingerprint density at radius 2 is 0.964 bits per heavy atom. The zero-order valence-corrected chi connectivity index (χ0v) is 36.3. The summed E-state index contributed by atoms with van der Waals surface area (Å²) in [6.45, 7) is 3.69. The van der Waals surface area contributed by atoms with Gasteiger partial charge in [-0.2, -0.15) is 0 Å². The first-order valence-electron chi connectivity index (χ1n) is 22.5. The number of hydrogen-bond acceptors (Lipinski definition) is 8. The lowest BCUT2D eigenvalue weighted by Crippen LogP contribution is -2.29. The Morgan fingerprint density at radius 1 is 0.545 bits per heavy atom. The normalized spacial score (nSPS) is 13.6. The van der Waals surface area contributed by atoms with E-state index in [1.165, 1.54) is 122 Å². The molecular weight excluding hydrogens is 713 g/mol. The number of carbonyl (C=O) groups is 2. The molecule has 0 aromatic heterocycles. The first kappa shape index (κ1) is 53.2. The fraction of sp³-hybridized carbons (Fsp3) is 0.822. The van der Waals surface area contributed by atoms with Gasteiger partial charge in [0.15, 0.2) is 6.10 Å². The van der Waals surface area contributed by atoms with Gasteiger partial charge in [-0.25, -0.2) is 4.57 Å². The molecule has 2 atom stereocenters. The van der Waals surface area contributed by atoms with Gasteiger partial charge in [-0.15, -0.1) is 0 Å². The number of nitrogens with two attached hydrogens (primary N) is 1. The summed E-state index contributed by atoms with van der Waals surface area (Å²) in [6, 6.07) is 0. The summed E-state index contributed by atoms with van der Waals surface area (Å²) in [7, 11) is -4.39. The van der Waals surface area contributed by atoms with Crippen LogP contribution in [0.1, 0.15) is 206 Å².